The zero-order valence-corrected chi connectivity index (χ0v) is 11.6. The van der Waals surface area contributed by atoms with Crippen molar-refractivity contribution < 1.29 is 9.52 Å². The maximum Gasteiger partial charge on any atom is 0.265 e. The normalized spacial score (nSPS) is 10.9. The lowest BCUT2D eigenvalue weighted by atomic mass is 10.2. The Labute approximate surface area is 124 Å². The van der Waals surface area contributed by atoms with Gasteiger partial charge in [0.25, 0.3) is 5.91 Å². The molecule has 0 aliphatic carbocycles. The van der Waals surface area contributed by atoms with Gasteiger partial charge >= 0.3 is 0 Å². The fraction of sp³-hybridized carbons (Fsp3) is 0. The molecule has 0 saturated carbocycles. The summed E-state index contributed by atoms with van der Waals surface area (Å²) in [5, 5.41) is 12.5. The SMILES string of the molecule is O=C(c1c(Cl)cccc1Cl)n1ccc2c[n+]([O-])ccc21. The second-order valence-electron chi connectivity index (χ2n) is 4.23. The van der Waals surface area contributed by atoms with Crippen molar-refractivity contribution in [3.63, 3.8) is 0 Å². The van der Waals surface area contributed by atoms with E-state index in [9.17, 15) is 10.0 Å². The molecule has 1 aromatic carbocycles. The molecule has 0 N–H and O–H groups in total. The van der Waals surface area contributed by atoms with Crippen molar-refractivity contribution >= 4 is 40.0 Å². The molecule has 3 aromatic rings. The van der Waals surface area contributed by atoms with Crippen LogP contribution in [0.4, 0.5) is 0 Å². The Morgan fingerprint density at radius 2 is 1.85 bits per heavy atom. The number of fused-ring (bicyclic) bond motifs is 1. The molecule has 6 heteroatoms. The third-order valence-electron chi connectivity index (χ3n) is 3.00. The van der Waals surface area contributed by atoms with Crippen LogP contribution in [0.3, 0.4) is 0 Å². The largest absolute Gasteiger partial charge is 0.619 e. The van der Waals surface area contributed by atoms with Gasteiger partial charge in [0.05, 0.1) is 26.5 Å². The summed E-state index contributed by atoms with van der Waals surface area (Å²) in [5.74, 6) is -0.334. The summed E-state index contributed by atoms with van der Waals surface area (Å²) in [5.41, 5.74) is 0.866. The Morgan fingerprint density at radius 1 is 1.15 bits per heavy atom. The average molecular weight is 307 g/mol. The Morgan fingerprint density at radius 3 is 2.55 bits per heavy atom. The predicted octanol–water partition coefficient (Wildman–Crippen LogP) is 3.27. The van der Waals surface area contributed by atoms with Crippen molar-refractivity contribution in [3.05, 3.63) is 69.7 Å². The average Bonchev–Trinajstić information content (AvgIpc) is 2.81. The monoisotopic (exact) mass is 306 g/mol. The standard InChI is InChI=1S/C14H8Cl2N2O2/c15-10-2-1-3-11(16)13(10)14(19)18-7-4-9-8-17(20)6-5-12(9)18/h1-8H. The molecule has 3 rings (SSSR count). The van der Waals surface area contributed by atoms with E-state index in [1.165, 1.54) is 17.0 Å². The maximum atomic E-state index is 12.6. The Hall–Kier alpha value is -2.04. The number of nitrogens with zero attached hydrogens (tertiary/aromatic N) is 2. The highest BCUT2D eigenvalue weighted by atomic mass is 35.5. The van der Waals surface area contributed by atoms with Crippen LogP contribution >= 0.6 is 23.2 Å². The molecule has 4 nitrogen and oxygen atoms in total. The lowest BCUT2D eigenvalue weighted by Gasteiger charge is -2.07. The van der Waals surface area contributed by atoms with Crippen LogP contribution in [0.25, 0.3) is 10.9 Å². The highest BCUT2D eigenvalue weighted by Gasteiger charge is 2.18. The molecular weight excluding hydrogens is 299 g/mol. The van der Waals surface area contributed by atoms with Gasteiger partial charge in [0.15, 0.2) is 12.4 Å². The van der Waals surface area contributed by atoms with Crippen LogP contribution < -0.4 is 4.73 Å². The van der Waals surface area contributed by atoms with E-state index in [0.29, 0.717) is 25.7 Å². The van der Waals surface area contributed by atoms with Crippen molar-refractivity contribution in [1.29, 1.82) is 0 Å². The van der Waals surface area contributed by atoms with Crippen LogP contribution in [0.15, 0.2) is 48.9 Å². The minimum atomic E-state index is -0.334. The van der Waals surface area contributed by atoms with Crippen LogP contribution in [0, 0.1) is 5.21 Å². The van der Waals surface area contributed by atoms with Crippen molar-refractivity contribution in [2.45, 2.75) is 0 Å². The number of carbonyl (C=O) groups is 1. The number of rotatable bonds is 1. The number of hydrogen-bond donors (Lipinski definition) is 0. The molecule has 20 heavy (non-hydrogen) atoms. The van der Waals surface area contributed by atoms with Gasteiger partial charge in [0, 0.05) is 12.3 Å². The van der Waals surface area contributed by atoms with Gasteiger partial charge in [-0.3, -0.25) is 9.36 Å². The quantitative estimate of drug-likeness (QED) is 0.512. The zero-order valence-electron chi connectivity index (χ0n) is 10.1. The molecule has 0 amide bonds. The van der Waals surface area contributed by atoms with Crippen molar-refractivity contribution in [3.8, 4) is 0 Å². The molecule has 0 fully saturated rings. The summed E-state index contributed by atoms with van der Waals surface area (Å²) < 4.78 is 2.10. The fourth-order valence-electron chi connectivity index (χ4n) is 2.07. The van der Waals surface area contributed by atoms with E-state index >= 15 is 0 Å². The first kappa shape index (κ1) is 13.0. The number of hydrogen-bond acceptors (Lipinski definition) is 2. The van der Waals surface area contributed by atoms with Gasteiger partial charge in [-0.1, -0.05) is 29.3 Å². The molecule has 0 unspecified atom stereocenters. The predicted molar refractivity (Wildman–Crippen MR) is 77.1 cm³/mol. The Balaban J connectivity index is 2.18. The molecule has 2 heterocycles. The van der Waals surface area contributed by atoms with E-state index in [2.05, 4.69) is 0 Å². The van der Waals surface area contributed by atoms with Gasteiger partial charge < -0.3 is 5.21 Å². The third kappa shape index (κ3) is 2.03. The van der Waals surface area contributed by atoms with Gasteiger partial charge in [-0.05, 0) is 18.2 Å². The summed E-state index contributed by atoms with van der Waals surface area (Å²) in [6.07, 6.45) is 4.32. The first-order chi connectivity index (χ1) is 9.58. The van der Waals surface area contributed by atoms with E-state index in [1.54, 1.807) is 36.5 Å². The van der Waals surface area contributed by atoms with Gasteiger partial charge in [0.2, 0.25) is 0 Å². The fourth-order valence-corrected chi connectivity index (χ4v) is 2.63. The highest BCUT2D eigenvalue weighted by molar-refractivity contribution is 6.39. The lowest BCUT2D eigenvalue weighted by molar-refractivity contribution is -0.603. The van der Waals surface area contributed by atoms with Gasteiger partial charge in [-0.2, -0.15) is 4.73 Å². The number of carbonyl (C=O) groups excluding carboxylic acids is 1. The van der Waals surface area contributed by atoms with Crippen molar-refractivity contribution in [1.82, 2.24) is 4.57 Å². The van der Waals surface area contributed by atoms with Gasteiger partial charge in [0.1, 0.15) is 0 Å². The van der Waals surface area contributed by atoms with E-state index < -0.39 is 0 Å². The molecule has 100 valence electrons. The third-order valence-corrected chi connectivity index (χ3v) is 3.63. The smallest absolute Gasteiger partial charge is 0.265 e. The van der Waals surface area contributed by atoms with Gasteiger partial charge in [-0.25, -0.2) is 0 Å². The molecule has 0 aliphatic heterocycles. The van der Waals surface area contributed by atoms with E-state index in [-0.39, 0.29) is 11.5 Å². The molecule has 0 spiro atoms. The maximum absolute atomic E-state index is 12.6. The molecule has 0 aliphatic rings. The first-order valence-electron chi connectivity index (χ1n) is 5.76. The second-order valence-corrected chi connectivity index (χ2v) is 5.05. The highest BCUT2D eigenvalue weighted by Crippen LogP contribution is 2.26. The van der Waals surface area contributed by atoms with E-state index in [1.807, 2.05) is 0 Å². The molecule has 0 atom stereocenters. The Kier molecular flexibility index (Phi) is 3.12. The van der Waals surface area contributed by atoms with Crippen LogP contribution in [0.2, 0.25) is 10.0 Å². The topological polar surface area (TPSA) is 48.9 Å². The number of halogens is 2. The minimum absolute atomic E-state index is 0.243. The second kappa shape index (κ2) is 4.81. The molecule has 0 bridgehead atoms. The van der Waals surface area contributed by atoms with Crippen LogP contribution in [-0.2, 0) is 0 Å². The Bertz CT molecular complexity index is 807. The zero-order chi connectivity index (χ0) is 14.3. The van der Waals surface area contributed by atoms with Crippen LogP contribution in [0.1, 0.15) is 10.4 Å². The number of benzene rings is 1. The minimum Gasteiger partial charge on any atom is -0.619 e. The van der Waals surface area contributed by atoms with Gasteiger partial charge in [-0.15, -0.1) is 0 Å². The molecule has 0 radical (unpaired) electrons. The van der Waals surface area contributed by atoms with Crippen LogP contribution in [0.5, 0.6) is 0 Å². The van der Waals surface area contributed by atoms with E-state index in [0.717, 1.165) is 0 Å². The summed E-state index contributed by atoms with van der Waals surface area (Å²) in [6.45, 7) is 0. The van der Waals surface area contributed by atoms with E-state index in [4.69, 9.17) is 23.2 Å². The summed E-state index contributed by atoms with van der Waals surface area (Å²) in [4.78, 5) is 12.6. The van der Waals surface area contributed by atoms with Crippen molar-refractivity contribution in [2.75, 3.05) is 0 Å². The van der Waals surface area contributed by atoms with Crippen molar-refractivity contribution in [2.24, 2.45) is 0 Å². The first-order valence-corrected chi connectivity index (χ1v) is 6.52. The summed E-state index contributed by atoms with van der Waals surface area (Å²) >= 11 is 12.1. The molecule has 0 saturated heterocycles. The molecular formula is C14H8Cl2N2O2. The lowest BCUT2D eigenvalue weighted by Crippen LogP contribution is -2.23. The summed E-state index contributed by atoms with van der Waals surface area (Å²) in [7, 11) is 0. The number of aromatic nitrogens is 2. The van der Waals surface area contributed by atoms with Crippen LogP contribution in [-0.4, -0.2) is 10.5 Å². The number of pyridine rings is 1. The summed E-state index contributed by atoms with van der Waals surface area (Å²) in [6, 6.07) is 8.16. The molecule has 2 aromatic heterocycles.